The Hall–Kier alpha value is -3.46. The second-order valence-corrected chi connectivity index (χ2v) is 7.69. The summed E-state index contributed by atoms with van der Waals surface area (Å²) in [6, 6.07) is 13.3. The number of aromatic nitrogens is 2. The highest BCUT2D eigenvalue weighted by atomic mass is 16.5. The number of terminal acetylenes is 1. The van der Waals surface area contributed by atoms with Crippen LogP contribution in [0.25, 0.3) is 10.9 Å². The van der Waals surface area contributed by atoms with Gasteiger partial charge in [0.2, 0.25) is 0 Å². The van der Waals surface area contributed by atoms with Crippen molar-refractivity contribution in [1.29, 1.82) is 0 Å². The monoisotopic (exact) mass is 391 g/mol. The van der Waals surface area contributed by atoms with E-state index in [9.17, 15) is 4.79 Å². The molecule has 3 aromatic rings. The van der Waals surface area contributed by atoms with Gasteiger partial charge in [-0.2, -0.15) is 5.10 Å². The lowest BCUT2D eigenvalue weighted by atomic mass is 9.87. The molecule has 2 N–H and O–H groups in total. The molecule has 1 aromatic heterocycles. The average molecular weight is 391 g/mol. The number of carbonyl (C=O) groups is 1. The second-order valence-electron chi connectivity index (χ2n) is 7.69. The lowest BCUT2D eigenvalue weighted by Crippen LogP contribution is -2.20. The molecule has 29 heavy (non-hydrogen) atoms. The van der Waals surface area contributed by atoms with Gasteiger partial charge in [-0.3, -0.25) is 9.89 Å². The van der Waals surface area contributed by atoms with Crippen molar-refractivity contribution in [3.63, 3.8) is 0 Å². The number of H-pyrrole nitrogens is 1. The molecule has 1 amide bonds. The number of aromatic amines is 1. The zero-order chi connectivity index (χ0) is 20.9. The van der Waals surface area contributed by atoms with Crippen LogP contribution in [0.15, 0.2) is 42.5 Å². The summed E-state index contributed by atoms with van der Waals surface area (Å²) in [6.45, 7) is 6.77. The normalized spacial score (nSPS) is 11.1. The maximum Gasteiger partial charge on any atom is 0.263 e. The Morgan fingerprint density at radius 1 is 1.14 bits per heavy atom. The first kappa shape index (κ1) is 20.3. The average Bonchev–Trinajstić information content (AvgIpc) is 3.08. The van der Waals surface area contributed by atoms with Crippen molar-refractivity contribution in [2.45, 2.75) is 32.6 Å². The fourth-order valence-corrected chi connectivity index (χ4v) is 2.77. The minimum Gasteiger partial charge on any atom is -0.493 e. The Balaban J connectivity index is 1.61. The molecule has 3 rings (SSSR count). The van der Waals surface area contributed by atoms with Crippen LogP contribution >= 0.6 is 0 Å². The van der Waals surface area contributed by atoms with Crippen LogP contribution in [0.3, 0.4) is 0 Å². The van der Waals surface area contributed by atoms with Crippen LogP contribution in [0, 0.1) is 12.3 Å². The predicted molar refractivity (Wildman–Crippen MR) is 114 cm³/mol. The number of benzene rings is 2. The quantitative estimate of drug-likeness (QED) is 0.466. The topological polar surface area (TPSA) is 76.2 Å². The second kappa shape index (κ2) is 8.70. The number of hydrogen-bond donors (Lipinski definition) is 2. The number of amides is 1. The molecule has 0 atom stereocenters. The largest absolute Gasteiger partial charge is 0.493 e. The molecule has 0 fully saturated rings. The Morgan fingerprint density at radius 3 is 2.55 bits per heavy atom. The van der Waals surface area contributed by atoms with E-state index >= 15 is 0 Å². The molecule has 150 valence electrons. The molecule has 0 aliphatic rings. The number of anilines is 1. The van der Waals surface area contributed by atoms with E-state index in [1.54, 1.807) is 0 Å². The van der Waals surface area contributed by atoms with Gasteiger partial charge in [0.05, 0.1) is 12.1 Å². The number of nitrogens with zero attached hydrogens (tertiary/aromatic N) is 1. The van der Waals surface area contributed by atoms with Gasteiger partial charge in [0.15, 0.2) is 12.4 Å². The molecule has 0 bridgehead atoms. The van der Waals surface area contributed by atoms with Gasteiger partial charge in [-0.1, -0.05) is 32.9 Å². The van der Waals surface area contributed by atoms with E-state index < -0.39 is 0 Å². The van der Waals surface area contributed by atoms with Crippen molar-refractivity contribution in [1.82, 2.24) is 10.2 Å². The van der Waals surface area contributed by atoms with Crippen molar-refractivity contribution >= 4 is 22.6 Å². The van der Waals surface area contributed by atoms with Crippen LogP contribution in [0.5, 0.6) is 11.5 Å². The third-order valence-corrected chi connectivity index (χ3v) is 4.40. The molecular weight excluding hydrogens is 366 g/mol. The minimum atomic E-state index is -0.294. The standard InChI is InChI=1S/C23H25N3O3/c1-5-6-13-28-18-11-12-20-19(14-18)22(26-25-20)24-21(27)15-29-17-9-7-16(8-10-17)23(2,3)4/h1,7-12,14H,6,13,15H2,2-4H3,(H2,24,25,26,27). The molecule has 1 heterocycles. The first-order chi connectivity index (χ1) is 13.9. The molecule has 0 spiro atoms. The van der Waals surface area contributed by atoms with Crippen LogP contribution in [0.2, 0.25) is 0 Å². The van der Waals surface area contributed by atoms with E-state index in [2.05, 4.69) is 42.2 Å². The number of hydrogen-bond acceptors (Lipinski definition) is 4. The maximum atomic E-state index is 12.3. The summed E-state index contributed by atoms with van der Waals surface area (Å²) in [4.78, 5) is 12.3. The highest BCUT2D eigenvalue weighted by molar-refractivity contribution is 6.00. The summed E-state index contributed by atoms with van der Waals surface area (Å²) in [7, 11) is 0. The number of fused-ring (bicyclic) bond motifs is 1. The van der Waals surface area contributed by atoms with E-state index in [1.807, 2.05) is 42.5 Å². The summed E-state index contributed by atoms with van der Waals surface area (Å²) in [5.74, 6) is 3.98. The molecule has 0 aliphatic carbocycles. The van der Waals surface area contributed by atoms with E-state index in [1.165, 1.54) is 5.56 Å². The summed E-state index contributed by atoms with van der Waals surface area (Å²) >= 11 is 0. The molecule has 0 aliphatic heterocycles. The molecule has 2 aromatic carbocycles. The third-order valence-electron chi connectivity index (χ3n) is 4.40. The van der Waals surface area contributed by atoms with Gasteiger partial charge in [-0.25, -0.2) is 0 Å². The molecule has 0 unspecified atom stereocenters. The van der Waals surface area contributed by atoms with Gasteiger partial charge < -0.3 is 14.8 Å². The highest BCUT2D eigenvalue weighted by Gasteiger charge is 2.14. The van der Waals surface area contributed by atoms with Crippen molar-refractivity contribution in [3.8, 4) is 23.8 Å². The lowest BCUT2D eigenvalue weighted by molar-refractivity contribution is -0.118. The molecular formula is C23H25N3O3. The molecule has 6 heteroatoms. The molecule has 0 radical (unpaired) electrons. The predicted octanol–water partition coefficient (Wildman–Crippen LogP) is 4.28. The van der Waals surface area contributed by atoms with Crippen LogP contribution in [-0.2, 0) is 10.2 Å². The first-order valence-corrected chi connectivity index (χ1v) is 9.44. The van der Waals surface area contributed by atoms with Crippen LogP contribution in [0.1, 0.15) is 32.8 Å². The maximum absolute atomic E-state index is 12.3. The highest BCUT2D eigenvalue weighted by Crippen LogP contribution is 2.26. The van der Waals surface area contributed by atoms with E-state index in [0.29, 0.717) is 30.3 Å². The van der Waals surface area contributed by atoms with Gasteiger partial charge in [-0.15, -0.1) is 12.3 Å². The van der Waals surface area contributed by atoms with Gasteiger partial charge >= 0.3 is 0 Å². The molecule has 6 nitrogen and oxygen atoms in total. The summed E-state index contributed by atoms with van der Waals surface area (Å²) in [6.07, 6.45) is 5.77. The van der Waals surface area contributed by atoms with Gasteiger partial charge in [-0.05, 0) is 41.3 Å². The number of rotatable bonds is 7. The summed E-state index contributed by atoms with van der Waals surface area (Å²) in [5.41, 5.74) is 2.07. The van der Waals surface area contributed by atoms with E-state index in [0.717, 1.165) is 10.9 Å². The molecule has 0 saturated heterocycles. The zero-order valence-corrected chi connectivity index (χ0v) is 16.9. The smallest absolute Gasteiger partial charge is 0.263 e. The van der Waals surface area contributed by atoms with E-state index in [-0.39, 0.29) is 17.9 Å². The van der Waals surface area contributed by atoms with Gasteiger partial charge in [0.1, 0.15) is 11.5 Å². The Labute approximate surface area is 170 Å². The van der Waals surface area contributed by atoms with Crippen molar-refractivity contribution < 1.29 is 14.3 Å². The Bertz CT molecular complexity index is 1020. The fourth-order valence-electron chi connectivity index (χ4n) is 2.77. The summed E-state index contributed by atoms with van der Waals surface area (Å²) in [5, 5.41) is 10.6. The minimum absolute atomic E-state index is 0.0698. The number of ether oxygens (including phenoxy) is 2. The first-order valence-electron chi connectivity index (χ1n) is 9.44. The Morgan fingerprint density at radius 2 is 1.86 bits per heavy atom. The van der Waals surface area contributed by atoms with Crippen molar-refractivity contribution in [2.75, 3.05) is 18.5 Å². The van der Waals surface area contributed by atoms with Crippen LogP contribution < -0.4 is 14.8 Å². The SMILES string of the molecule is C#CCCOc1ccc2[nH]nc(NC(=O)COc3ccc(C(C)(C)C)cc3)c2c1. The Kier molecular flexibility index (Phi) is 6.08. The fraction of sp³-hybridized carbons (Fsp3) is 0.304. The van der Waals surface area contributed by atoms with Gasteiger partial charge in [0.25, 0.3) is 5.91 Å². The van der Waals surface area contributed by atoms with E-state index in [4.69, 9.17) is 15.9 Å². The number of carbonyl (C=O) groups excluding carboxylic acids is 1. The zero-order valence-electron chi connectivity index (χ0n) is 16.9. The van der Waals surface area contributed by atoms with Crippen LogP contribution in [0.4, 0.5) is 5.82 Å². The number of nitrogens with one attached hydrogen (secondary N) is 2. The third kappa shape index (κ3) is 5.29. The van der Waals surface area contributed by atoms with Crippen molar-refractivity contribution in [2.24, 2.45) is 0 Å². The van der Waals surface area contributed by atoms with Crippen molar-refractivity contribution in [3.05, 3.63) is 48.0 Å². The van der Waals surface area contributed by atoms with Gasteiger partial charge in [0, 0.05) is 11.8 Å². The lowest BCUT2D eigenvalue weighted by Gasteiger charge is -2.19. The molecule has 0 saturated carbocycles. The van der Waals surface area contributed by atoms with Crippen LogP contribution in [-0.4, -0.2) is 29.3 Å². The summed E-state index contributed by atoms with van der Waals surface area (Å²) < 4.78 is 11.2.